The minimum atomic E-state index is -0.737. The molecule has 0 saturated carbocycles. The van der Waals surface area contributed by atoms with E-state index >= 15 is 0 Å². The largest absolute Gasteiger partial charge is 0.481 e. The van der Waals surface area contributed by atoms with Crippen LogP contribution in [0.3, 0.4) is 0 Å². The molecule has 0 amide bonds. The SMILES string of the molecule is CC/C=C\C/C=C\C/C=C\C/C=C\C/C=C\CCCC(=O)OC(CCCCCCCCCC)CCCCCC(=O)O. The van der Waals surface area contributed by atoms with E-state index in [2.05, 4.69) is 74.6 Å². The molecule has 0 aromatic heterocycles. The molecule has 0 heterocycles. The number of carboxylic acids is 1. The average molecular weight is 571 g/mol. The van der Waals surface area contributed by atoms with Crippen LogP contribution in [-0.4, -0.2) is 23.1 Å². The molecule has 0 aliphatic rings. The van der Waals surface area contributed by atoms with Crippen molar-refractivity contribution < 1.29 is 19.4 Å². The van der Waals surface area contributed by atoms with Crippen LogP contribution in [-0.2, 0) is 14.3 Å². The highest BCUT2D eigenvalue weighted by Gasteiger charge is 2.14. The Hall–Kier alpha value is -2.36. The van der Waals surface area contributed by atoms with Gasteiger partial charge in [0.1, 0.15) is 6.10 Å². The van der Waals surface area contributed by atoms with Crippen molar-refractivity contribution in [3.8, 4) is 0 Å². The maximum absolute atomic E-state index is 12.5. The minimum Gasteiger partial charge on any atom is -0.481 e. The molecule has 41 heavy (non-hydrogen) atoms. The van der Waals surface area contributed by atoms with Crippen LogP contribution in [0.4, 0.5) is 0 Å². The van der Waals surface area contributed by atoms with Crippen LogP contribution in [0.15, 0.2) is 60.8 Å². The molecule has 4 heteroatoms. The maximum Gasteiger partial charge on any atom is 0.306 e. The van der Waals surface area contributed by atoms with Gasteiger partial charge in [0.25, 0.3) is 0 Å². The Bertz CT molecular complexity index is 744. The van der Waals surface area contributed by atoms with Crippen LogP contribution in [0.25, 0.3) is 0 Å². The zero-order valence-corrected chi connectivity index (χ0v) is 26.6. The van der Waals surface area contributed by atoms with Crippen molar-refractivity contribution >= 4 is 11.9 Å². The van der Waals surface area contributed by atoms with Crippen LogP contribution in [0.5, 0.6) is 0 Å². The number of carbonyl (C=O) groups excluding carboxylic acids is 1. The number of aliphatic carboxylic acids is 1. The van der Waals surface area contributed by atoms with E-state index in [1.165, 1.54) is 44.9 Å². The smallest absolute Gasteiger partial charge is 0.306 e. The second-order valence-electron chi connectivity index (χ2n) is 11.0. The predicted octanol–water partition coefficient (Wildman–Crippen LogP) is 11.4. The van der Waals surface area contributed by atoms with Crippen molar-refractivity contribution in [3.05, 3.63) is 60.8 Å². The third kappa shape index (κ3) is 32.0. The molecular weight excluding hydrogens is 508 g/mol. The number of unbranched alkanes of at least 4 members (excludes halogenated alkanes) is 10. The van der Waals surface area contributed by atoms with E-state index in [9.17, 15) is 9.59 Å². The van der Waals surface area contributed by atoms with Crippen LogP contribution >= 0.6 is 0 Å². The quantitative estimate of drug-likeness (QED) is 0.0552. The lowest BCUT2D eigenvalue weighted by atomic mass is 10.0. The average Bonchev–Trinajstić information content (AvgIpc) is 2.95. The number of rotatable bonds is 29. The molecule has 0 rings (SSSR count). The first-order valence-corrected chi connectivity index (χ1v) is 16.8. The van der Waals surface area contributed by atoms with Gasteiger partial charge in [-0.1, -0.05) is 126 Å². The van der Waals surface area contributed by atoms with Crippen LogP contribution in [0.1, 0.15) is 155 Å². The van der Waals surface area contributed by atoms with Crippen molar-refractivity contribution in [2.75, 3.05) is 0 Å². The zero-order valence-electron chi connectivity index (χ0n) is 26.6. The van der Waals surface area contributed by atoms with E-state index < -0.39 is 5.97 Å². The van der Waals surface area contributed by atoms with Crippen molar-refractivity contribution in [1.82, 2.24) is 0 Å². The summed E-state index contributed by atoms with van der Waals surface area (Å²) in [5, 5.41) is 8.83. The number of carbonyl (C=O) groups is 2. The number of allylic oxidation sites excluding steroid dienone is 10. The zero-order chi connectivity index (χ0) is 30.1. The van der Waals surface area contributed by atoms with Gasteiger partial charge in [-0.3, -0.25) is 9.59 Å². The van der Waals surface area contributed by atoms with Gasteiger partial charge in [0.05, 0.1) is 0 Å². The van der Waals surface area contributed by atoms with Crippen molar-refractivity contribution in [2.45, 2.75) is 161 Å². The molecule has 0 fully saturated rings. The fourth-order valence-electron chi connectivity index (χ4n) is 4.57. The molecule has 0 saturated heterocycles. The van der Waals surface area contributed by atoms with Gasteiger partial charge in [-0.15, -0.1) is 0 Å². The molecular formula is C37H62O4. The topological polar surface area (TPSA) is 63.6 Å². The van der Waals surface area contributed by atoms with Gasteiger partial charge < -0.3 is 9.84 Å². The van der Waals surface area contributed by atoms with Crippen LogP contribution in [0, 0.1) is 0 Å². The Kier molecular flexibility index (Phi) is 30.3. The van der Waals surface area contributed by atoms with Gasteiger partial charge in [0, 0.05) is 12.8 Å². The van der Waals surface area contributed by atoms with E-state index in [1.807, 2.05) is 0 Å². The summed E-state index contributed by atoms with van der Waals surface area (Å²) in [6, 6.07) is 0. The molecule has 1 N–H and O–H groups in total. The number of hydrogen-bond acceptors (Lipinski definition) is 3. The first kappa shape index (κ1) is 38.6. The first-order chi connectivity index (χ1) is 20.1. The number of carboxylic acid groups (broad SMARTS) is 1. The number of esters is 1. The molecule has 0 bridgehead atoms. The molecule has 4 nitrogen and oxygen atoms in total. The summed E-state index contributed by atoms with van der Waals surface area (Å²) in [6.45, 7) is 4.40. The van der Waals surface area contributed by atoms with Crippen LogP contribution < -0.4 is 0 Å². The van der Waals surface area contributed by atoms with E-state index in [-0.39, 0.29) is 18.5 Å². The van der Waals surface area contributed by atoms with E-state index in [0.717, 1.165) is 77.0 Å². The molecule has 0 aromatic rings. The summed E-state index contributed by atoms with van der Waals surface area (Å²) in [7, 11) is 0. The fraction of sp³-hybridized carbons (Fsp3) is 0.676. The summed E-state index contributed by atoms with van der Waals surface area (Å²) in [6.07, 6.45) is 43.7. The highest BCUT2D eigenvalue weighted by Crippen LogP contribution is 2.18. The van der Waals surface area contributed by atoms with Gasteiger partial charge >= 0.3 is 11.9 Å². The highest BCUT2D eigenvalue weighted by atomic mass is 16.5. The molecule has 1 unspecified atom stereocenters. The molecule has 0 radical (unpaired) electrons. The molecule has 0 spiro atoms. The second-order valence-corrected chi connectivity index (χ2v) is 11.0. The molecule has 0 aliphatic carbocycles. The molecule has 234 valence electrons. The van der Waals surface area contributed by atoms with Gasteiger partial charge in [0.15, 0.2) is 0 Å². The van der Waals surface area contributed by atoms with Gasteiger partial charge in [-0.25, -0.2) is 0 Å². The van der Waals surface area contributed by atoms with Gasteiger partial charge in [0.2, 0.25) is 0 Å². The lowest BCUT2D eigenvalue weighted by Crippen LogP contribution is -2.18. The standard InChI is InChI=1S/C37H62O4/c1-3-5-7-9-11-13-14-15-16-17-18-19-20-21-23-25-30-34-37(40)41-35(32-28-26-29-33-36(38)39)31-27-24-22-12-10-8-6-4-2/h5,7,11,13,15-16,18-19,21,23,35H,3-4,6,8-10,12,14,17,20,22,24-34H2,1-2H3,(H,38,39)/b7-5-,13-11-,16-15-,19-18-,23-21-. The third-order valence-corrected chi connectivity index (χ3v) is 7.00. The van der Waals surface area contributed by atoms with Crippen molar-refractivity contribution in [2.24, 2.45) is 0 Å². The number of ether oxygens (including phenoxy) is 1. The number of hydrogen-bond donors (Lipinski definition) is 1. The molecule has 1 atom stereocenters. The Morgan fingerprint density at radius 1 is 0.561 bits per heavy atom. The second kappa shape index (κ2) is 32.2. The summed E-state index contributed by atoms with van der Waals surface area (Å²) in [5.74, 6) is -0.827. The van der Waals surface area contributed by atoms with Crippen LogP contribution in [0.2, 0.25) is 0 Å². The van der Waals surface area contributed by atoms with E-state index in [4.69, 9.17) is 9.84 Å². The Balaban J connectivity index is 4.09. The van der Waals surface area contributed by atoms with Crippen molar-refractivity contribution in [3.63, 3.8) is 0 Å². The minimum absolute atomic E-state index is 0.0267. The Morgan fingerprint density at radius 3 is 1.54 bits per heavy atom. The van der Waals surface area contributed by atoms with E-state index in [0.29, 0.717) is 12.8 Å². The summed E-state index contributed by atoms with van der Waals surface area (Å²) >= 11 is 0. The lowest BCUT2D eigenvalue weighted by molar-refractivity contribution is -0.150. The molecule has 0 aromatic carbocycles. The monoisotopic (exact) mass is 570 g/mol. The Labute approximate surface area is 253 Å². The van der Waals surface area contributed by atoms with Gasteiger partial charge in [-0.2, -0.15) is 0 Å². The molecule has 0 aliphatic heterocycles. The summed E-state index contributed by atoms with van der Waals surface area (Å²) in [5.41, 5.74) is 0. The first-order valence-electron chi connectivity index (χ1n) is 16.8. The van der Waals surface area contributed by atoms with E-state index in [1.54, 1.807) is 0 Å². The summed E-state index contributed by atoms with van der Waals surface area (Å²) in [4.78, 5) is 23.2. The fourth-order valence-corrected chi connectivity index (χ4v) is 4.57. The predicted molar refractivity (Wildman–Crippen MR) is 176 cm³/mol. The summed E-state index contributed by atoms with van der Waals surface area (Å²) < 4.78 is 5.86. The Morgan fingerprint density at radius 2 is 1.02 bits per heavy atom. The lowest BCUT2D eigenvalue weighted by Gasteiger charge is -2.18. The van der Waals surface area contributed by atoms with Crippen molar-refractivity contribution in [1.29, 1.82) is 0 Å². The normalized spacial score (nSPS) is 13.0. The maximum atomic E-state index is 12.5. The third-order valence-electron chi connectivity index (χ3n) is 7.00. The highest BCUT2D eigenvalue weighted by molar-refractivity contribution is 5.69. The van der Waals surface area contributed by atoms with Gasteiger partial charge in [-0.05, 0) is 77.0 Å².